The Morgan fingerprint density at radius 3 is 2.87 bits per heavy atom. The standard InChI is InChI=1S/C10H16N4O/c1-14(2)6-7-15-9-5-3-4-8(13-9)10(11)12/h3-5H,6-7H2,1-2H3,(H3,11,12). The van der Waals surface area contributed by atoms with Crippen LogP contribution in [0.5, 0.6) is 5.88 Å². The third-order valence-electron chi connectivity index (χ3n) is 1.79. The zero-order chi connectivity index (χ0) is 11.3. The minimum Gasteiger partial charge on any atom is -0.476 e. The third kappa shape index (κ3) is 3.95. The molecule has 0 aliphatic heterocycles. The number of amidine groups is 1. The molecule has 0 aliphatic carbocycles. The van der Waals surface area contributed by atoms with Crippen LogP contribution in [0.15, 0.2) is 18.2 Å². The first-order chi connectivity index (χ1) is 7.09. The van der Waals surface area contributed by atoms with Gasteiger partial charge in [-0.25, -0.2) is 4.98 Å². The highest BCUT2D eigenvalue weighted by atomic mass is 16.5. The molecule has 5 heteroatoms. The van der Waals surface area contributed by atoms with E-state index in [0.717, 1.165) is 6.54 Å². The molecular weight excluding hydrogens is 192 g/mol. The summed E-state index contributed by atoms with van der Waals surface area (Å²) >= 11 is 0. The van der Waals surface area contributed by atoms with Gasteiger partial charge in [0.05, 0.1) is 0 Å². The Morgan fingerprint density at radius 2 is 2.27 bits per heavy atom. The molecule has 0 spiro atoms. The molecule has 0 aromatic carbocycles. The number of nitrogens with zero attached hydrogens (tertiary/aromatic N) is 2. The summed E-state index contributed by atoms with van der Waals surface area (Å²) in [6, 6.07) is 5.21. The SMILES string of the molecule is CN(C)CCOc1cccc(C(=N)N)n1. The minimum atomic E-state index is -0.0481. The van der Waals surface area contributed by atoms with Crippen LogP contribution in [0.2, 0.25) is 0 Å². The fourth-order valence-corrected chi connectivity index (χ4v) is 0.978. The molecule has 5 nitrogen and oxygen atoms in total. The molecule has 1 heterocycles. The van der Waals surface area contributed by atoms with Gasteiger partial charge in [-0.3, -0.25) is 5.41 Å². The number of hydrogen-bond donors (Lipinski definition) is 2. The number of pyridine rings is 1. The van der Waals surface area contributed by atoms with E-state index in [1.807, 2.05) is 19.0 Å². The molecule has 1 aromatic heterocycles. The molecule has 1 aromatic rings. The normalized spacial score (nSPS) is 10.3. The lowest BCUT2D eigenvalue weighted by Gasteiger charge is -2.10. The number of rotatable bonds is 5. The van der Waals surface area contributed by atoms with Crippen LogP contribution in [0.1, 0.15) is 5.69 Å². The lowest BCUT2D eigenvalue weighted by molar-refractivity contribution is 0.254. The summed E-state index contributed by atoms with van der Waals surface area (Å²) in [5.41, 5.74) is 5.76. The van der Waals surface area contributed by atoms with Gasteiger partial charge in [-0.2, -0.15) is 0 Å². The summed E-state index contributed by atoms with van der Waals surface area (Å²) < 4.78 is 5.40. The van der Waals surface area contributed by atoms with Gasteiger partial charge in [-0.15, -0.1) is 0 Å². The summed E-state index contributed by atoms with van der Waals surface area (Å²) in [4.78, 5) is 6.10. The molecule has 0 radical (unpaired) electrons. The van der Waals surface area contributed by atoms with E-state index in [0.29, 0.717) is 18.2 Å². The molecule has 3 N–H and O–H groups in total. The molecule has 0 aliphatic rings. The van der Waals surface area contributed by atoms with Crippen LogP contribution in [0.3, 0.4) is 0 Å². The Labute approximate surface area is 89.4 Å². The Hall–Kier alpha value is -1.62. The number of ether oxygens (including phenoxy) is 1. The van der Waals surface area contributed by atoms with Crippen LogP contribution in [0, 0.1) is 5.41 Å². The fourth-order valence-electron chi connectivity index (χ4n) is 0.978. The largest absolute Gasteiger partial charge is 0.476 e. The molecule has 0 atom stereocenters. The van der Waals surface area contributed by atoms with Crippen LogP contribution in [-0.2, 0) is 0 Å². The highest BCUT2D eigenvalue weighted by Gasteiger charge is 2.00. The van der Waals surface area contributed by atoms with E-state index in [-0.39, 0.29) is 5.84 Å². The second kappa shape index (κ2) is 5.31. The van der Waals surface area contributed by atoms with Gasteiger partial charge in [-0.05, 0) is 20.2 Å². The molecule has 82 valence electrons. The molecular formula is C10H16N4O. The highest BCUT2D eigenvalue weighted by Crippen LogP contribution is 2.06. The fraction of sp³-hybridized carbons (Fsp3) is 0.400. The van der Waals surface area contributed by atoms with Crippen LogP contribution in [0.4, 0.5) is 0 Å². The zero-order valence-electron chi connectivity index (χ0n) is 9.03. The quantitative estimate of drug-likeness (QED) is 0.539. The van der Waals surface area contributed by atoms with E-state index >= 15 is 0 Å². The van der Waals surface area contributed by atoms with Crippen LogP contribution < -0.4 is 10.5 Å². The Balaban J connectivity index is 2.54. The lowest BCUT2D eigenvalue weighted by Crippen LogP contribution is -2.20. The minimum absolute atomic E-state index is 0.0481. The van der Waals surface area contributed by atoms with Gasteiger partial charge >= 0.3 is 0 Å². The summed E-state index contributed by atoms with van der Waals surface area (Å²) in [6.07, 6.45) is 0. The number of aromatic nitrogens is 1. The first-order valence-corrected chi connectivity index (χ1v) is 4.68. The first kappa shape index (κ1) is 11.5. The maximum Gasteiger partial charge on any atom is 0.213 e. The zero-order valence-corrected chi connectivity index (χ0v) is 9.03. The summed E-state index contributed by atoms with van der Waals surface area (Å²) in [7, 11) is 3.95. The van der Waals surface area contributed by atoms with Gasteiger partial charge in [0.2, 0.25) is 5.88 Å². The second-order valence-electron chi connectivity index (χ2n) is 3.43. The molecule has 15 heavy (non-hydrogen) atoms. The predicted molar refractivity (Wildman–Crippen MR) is 59.3 cm³/mol. The van der Waals surface area contributed by atoms with Gasteiger partial charge in [-0.1, -0.05) is 6.07 Å². The Kier molecular flexibility index (Phi) is 4.05. The van der Waals surface area contributed by atoms with E-state index < -0.39 is 0 Å². The number of hydrogen-bond acceptors (Lipinski definition) is 4. The topological polar surface area (TPSA) is 75.2 Å². The van der Waals surface area contributed by atoms with Gasteiger partial charge in [0.1, 0.15) is 18.1 Å². The first-order valence-electron chi connectivity index (χ1n) is 4.68. The van der Waals surface area contributed by atoms with Crippen molar-refractivity contribution >= 4 is 5.84 Å². The number of nitrogen functional groups attached to an aromatic ring is 1. The molecule has 0 amide bonds. The van der Waals surface area contributed by atoms with Gasteiger partial charge < -0.3 is 15.4 Å². The molecule has 0 saturated carbocycles. The smallest absolute Gasteiger partial charge is 0.213 e. The number of likely N-dealkylation sites (N-methyl/N-ethyl adjacent to an activating group) is 1. The Bertz CT molecular complexity index is 338. The van der Waals surface area contributed by atoms with Crippen molar-refractivity contribution in [2.24, 2.45) is 5.73 Å². The van der Waals surface area contributed by atoms with Crippen molar-refractivity contribution in [2.75, 3.05) is 27.2 Å². The summed E-state index contributed by atoms with van der Waals surface area (Å²) in [5.74, 6) is 0.456. The van der Waals surface area contributed by atoms with E-state index in [1.54, 1.807) is 18.2 Å². The molecule has 0 bridgehead atoms. The molecule has 0 saturated heterocycles. The molecule has 0 unspecified atom stereocenters. The van der Waals surface area contributed by atoms with Crippen molar-refractivity contribution in [3.05, 3.63) is 23.9 Å². The van der Waals surface area contributed by atoms with Crippen LogP contribution in [-0.4, -0.2) is 43.0 Å². The lowest BCUT2D eigenvalue weighted by atomic mass is 10.3. The van der Waals surface area contributed by atoms with Gasteiger partial charge in [0.25, 0.3) is 0 Å². The Morgan fingerprint density at radius 1 is 1.53 bits per heavy atom. The van der Waals surface area contributed by atoms with Gasteiger partial charge in [0.15, 0.2) is 0 Å². The van der Waals surface area contributed by atoms with E-state index in [2.05, 4.69) is 4.98 Å². The van der Waals surface area contributed by atoms with E-state index in [4.69, 9.17) is 15.9 Å². The van der Waals surface area contributed by atoms with Crippen molar-refractivity contribution in [2.45, 2.75) is 0 Å². The summed E-state index contributed by atoms with van der Waals surface area (Å²) in [6.45, 7) is 1.40. The average molecular weight is 208 g/mol. The van der Waals surface area contributed by atoms with Crippen LogP contribution >= 0.6 is 0 Å². The van der Waals surface area contributed by atoms with Crippen molar-refractivity contribution < 1.29 is 4.74 Å². The second-order valence-corrected chi connectivity index (χ2v) is 3.43. The van der Waals surface area contributed by atoms with E-state index in [1.165, 1.54) is 0 Å². The molecule has 1 rings (SSSR count). The number of nitrogens with one attached hydrogen (secondary N) is 1. The van der Waals surface area contributed by atoms with E-state index in [9.17, 15) is 0 Å². The number of nitrogens with two attached hydrogens (primary N) is 1. The maximum absolute atomic E-state index is 7.23. The molecule has 0 fully saturated rings. The third-order valence-corrected chi connectivity index (χ3v) is 1.79. The van der Waals surface area contributed by atoms with Crippen LogP contribution in [0.25, 0.3) is 0 Å². The van der Waals surface area contributed by atoms with Crippen molar-refractivity contribution in [1.82, 2.24) is 9.88 Å². The monoisotopic (exact) mass is 208 g/mol. The van der Waals surface area contributed by atoms with Gasteiger partial charge in [0, 0.05) is 12.6 Å². The van der Waals surface area contributed by atoms with Crippen molar-refractivity contribution in [1.29, 1.82) is 5.41 Å². The van der Waals surface area contributed by atoms with Crippen molar-refractivity contribution in [3.8, 4) is 5.88 Å². The highest BCUT2D eigenvalue weighted by molar-refractivity contribution is 5.93. The average Bonchev–Trinajstić information content (AvgIpc) is 2.17. The van der Waals surface area contributed by atoms with Crippen molar-refractivity contribution in [3.63, 3.8) is 0 Å². The summed E-state index contributed by atoms with van der Waals surface area (Å²) in [5, 5.41) is 7.23. The maximum atomic E-state index is 7.23. The predicted octanol–water partition coefficient (Wildman–Crippen LogP) is 0.306.